The zero-order chi connectivity index (χ0) is 29.0. The Hall–Kier alpha value is -4.95. The number of aryl methyl sites for hydroxylation is 2. The van der Waals surface area contributed by atoms with E-state index in [2.05, 4.69) is 18.2 Å². The van der Waals surface area contributed by atoms with Crippen LogP contribution >= 0.6 is 11.3 Å². The molecule has 1 N–H and O–H groups in total. The van der Waals surface area contributed by atoms with Gasteiger partial charge in [0.2, 0.25) is 0 Å². The first-order chi connectivity index (χ1) is 20.4. The Kier molecular flexibility index (Phi) is 6.28. The van der Waals surface area contributed by atoms with Crippen molar-refractivity contribution in [2.24, 2.45) is 4.99 Å². The van der Waals surface area contributed by atoms with Crippen LogP contribution in [0.25, 0.3) is 23.1 Å². The lowest BCUT2D eigenvalue weighted by molar-refractivity contribution is 0.0696. The molecule has 0 spiro atoms. The normalized spacial score (nSPS) is 16.0. The van der Waals surface area contributed by atoms with E-state index in [1.165, 1.54) is 16.9 Å². The van der Waals surface area contributed by atoms with Gasteiger partial charge >= 0.3 is 5.97 Å². The maximum absolute atomic E-state index is 14.1. The number of ether oxygens (including phenoxy) is 1. The van der Waals surface area contributed by atoms with Gasteiger partial charge in [-0.05, 0) is 66.8 Å². The zero-order valence-corrected chi connectivity index (χ0v) is 23.8. The summed E-state index contributed by atoms with van der Waals surface area (Å²) in [5, 5.41) is 9.29. The number of fused-ring (bicyclic) bond motifs is 3. The van der Waals surface area contributed by atoms with Crippen LogP contribution in [-0.2, 0) is 6.42 Å². The number of allylic oxidation sites excluding steroid dienone is 1. The molecule has 0 unspecified atom stereocenters. The van der Waals surface area contributed by atoms with Crippen molar-refractivity contribution >= 4 is 29.1 Å². The minimum absolute atomic E-state index is 0.139. The Bertz CT molecular complexity index is 2110. The largest absolute Gasteiger partial charge is 0.496 e. The molecule has 0 fully saturated rings. The number of carboxylic acids is 1. The molecule has 8 heteroatoms. The van der Waals surface area contributed by atoms with Gasteiger partial charge in [0.1, 0.15) is 17.3 Å². The SMILES string of the molecule is COc1ccccc1[C@@H]1C2=C(N=c3sc(=Cc4ccc(-c5ccc(C(=O)O)cc5C)o4)c(=O)n31)c1ccccc1CC2. The first kappa shape index (κ1) is 26.0. The predicted molar refractivity (Wildman–Crippen MR) is 162 cm³/mol. The number of thiazole rings is 1. The zero-order valence-electron chi connectivity index (χ0n) is 23.0. The van der Waals surface area contributed by atoms with E-state index >= 15 is 0 Å². The van der Waals surface area contributed by atoms with Crippen molar-refractivity contribution in [1.82, 2.24) is 4.57 Å². The molecule has 2 aliphatic rings. The molecule has 0 amide bonds. The lowest BCUT2D eigenvalue weighted by Gasteiger charge is -2.31. The fourth-order valence-corrected chi connectivity index (χ4v) is 6.95. The topological polar surface area (TPSA) is 94.0 Å². The summed E-state index contributed by atoms with van der Waals surface area (Å²) in [5.41, 5.74) is 7.00. The van der Waals surface area contributed by atoms with Crippen LogP contribution in [-0.4, -0.2) is 22.8 Å². The van der Waals surface area contributed by atoms with Crippen LogP contribution in [0.4, 0.5) is 0 Å². The van der Waals surface area contributed by atoms with E-state index in [9.17, 15) is 14.7 Å². The third-order valence-electron chi connectivity index (χ3n) is 7.95. The molecule has 1 aliphatic heterocycles. The molecule has 0 saturated carbocycles. The minimum Gasteiger partial charge on any atom is -0.496 e. The average Bonchev–Trinajstić information content (AvgIpc) is 3.59. The van der Waals surface area contributed by atoms with Gasteiger partial charge in [-0.15, -0.1) is 0 Å². The molecule has 0 bridgehead atoms. The van der Waals surface area contributed by atoms with Crippen molar-refractivity contribution in [2.45, 2.75) is 25.8 Å². The van der Waals surface area contributed by atoms with Crippen molar-refractivity contribution in [1.29, 1.82) is 0 Å². The summed E-state index contributed by atoms with van der Waals surface area (Å²) in [7, 11) is 1.65. The molecular formula is C34H26N2O5S. The summed E-state index contributed by atoms with van der Waals surface area (Å²) < 4.78 is 14.2. The number of benzene rings is 3. The number of hydrogen-bond donors (Lipinski definition) is 1. The van der Waals surface area contributed by atoms with Gasteiger partial charge in [-0.3, -0.25) is 9.36 Å². The molecule has 3 aromatic carbocycles. The fraction of sp³-hybridized carbons (Fsp3) is 0.147. The van der Waals surface area contributed by atoms with Crippen molar-refractivity contribution < 1.29 is 19.1 Å². The molecule has 208 valence electrons. The third kappa shape index (κ3) is 4.23. The minimum atomic E-state index is -0.975. The lowest BCUT2D eigenvalue weighted by Crippen LogP contribution is -2.38. The molecule has 7 nitrogen and oxygen atoms in total. The highest BCUT2D eigenvalue weighted by atomic mass is 32.1. The van der Waals surface area contributed by atoms with Gasteiger partial charge in [0.15, 0.2) is 4.80 Å². The Labute approximate surface area is 245 Å². The standard InChI is InChI=1S/C34H26N2O5S/c1-19-17-21(33(38)39)12-14-23(19)28-16-13-22(41-28)18-29-32(37)36-31(25-9-5-6-10-27(25)40-2)26-15-11-20-7-3-4-8-24(20)30(26)35-34(36)42-29/h3-10,12-14,16-18,31H,11,15H2,1-2H3,(H,38,39)/t31-/m1/s1. The molecule has 3 heterocycles. The summed E-state index contributed by atoms with van der Waals surface area (Å²) in [5.74, 6) is 0.878. The van der Waals surface area contributed by atoms with Crippen molar-refractivity contribution in [3.05, 3.63) is 138 Å². The van der Waals surface area contributed by atoms with Crippen LogP contribution in [0, 0.1) is 6.92 Å². The lowest BCUT2D eigenvalue weighted by atomic mass is 9.83. The van der Waals surface area contributed by atoms with Crippen LogP contribution in [0.1, 0.15) is 50.8 Å². The van der Waals surface area contributed by atoms with E-state index in [-0.39, 0.29) is 17.2 Å². The smallest absolute Gasteiger partial charge is 0.335 e. The average molecular weight is 575 g/mol. The van der Waals surface area contributed by atoms with Gasteiger partial charge < -0.3 is 14.3 Å². The molecule has 0 radical (unpaired) electrons. The Morgan fingerprint density at radius 3 is 2.67 bits per heavy atom. The quantitative estimate of drug-likeness (QED) is 0.295. The van der Waals surface area contributed by atoms with Gasteiger partial charge in [-0.2, -0.15) is 0 Å². The highest BCUT2D eigenvalue weighted by molar-refractivity contribution is 7.07. The van der Waals surface area contributed by atoms with Crippen LogP contribution in [0.3, 0.4) is 0 Å². The number of nitrogens with zero attached hydrogens (tertiary/aromatic N) is 2. The van der Waals surface area contributed by atoms with E-state index in [4.69, 9.17) is 14.1 Å². The highest BCUT2D eigenvalue weighted by Crippen LogP contribution is 2.43. The molecule has 0 saturated heterocycles. The predicted octanol–water partition coefficient (Wildman–Crippen LogP) is 5.59. The van der Waals surface area contributed by atoms with Crippen molar-refractivity contribution in [2.75, 3.05) is 7.11 Å². The molecule has 1 aliphatic carbocycles. The third-order valence-corrected chi connectivity index (χ3v) is 8.93. The number of aromatic carboxylic acids is 1. The number of rotatable bonds is 5. The van der Waals surface area contributed by atoms with Crippen LogP contribution < -0.4 is 19.6 Å². The number of aromatic nitrogens is 1. The highest BCUT2D eigenvalue weighted by Gasteiger charge is 2.34. The van der Waals surface area contributed by atoms with Crippen LogP contribution in [0.5, 0.6) is 5.75 Å². The first-order valence-corrected chi connectivity index (χ1v) is 14.4. The van der Waals surface area contributed by atoms with Gasteiger partial charge in [0.25, 0.3) is 5.56 Å². The monoisotopic (exact) mass is 574 g/mol. The van der Waals surface area contributed by atoms with E-state index in [1.807, 2.05) is 49.4 Å². The Morgan fingerprint density at radius 2 is 1.86 bits per heavy atom. The second-order valence-corrected chi connectivity index (χ2v) is 11.4. The maximum atomic E-state index is 14.1. The molecule has 5 aromatic rings. The Morgan fingerprint density at radius 1 is 1.05 bits per heavy atom. The van der Waals surface area contributed by atoms with Crippen molar-refractivity contribution in [3.8, 4) is 17.1 Å². The van der Waals surface area contributed by atoms with Gasteiger partial charge in [-0.1, -0.05) is 59.9 Å². The van der Waals surface area contributed by atoms with E-state index in [1.54, 1.807) is 36.0 Å². The number of furan rings is 1. The summed E-state index contributed by atoms with van der Waals surface area (Å²) in [4.78, 5) is 31.1. The van der Waals surface area contributed by atoms with E-state index in [0.717, 1.165) is 52.1 Å². The number of para-hydroxylation sites is 1. The molecule has 1 atom stereocenters. The Balaban J connectivity index is 1.38. The molecule has 2 aromatic heterocycles. The van der Waals surface area contributed by atoms with Crippen LogP contribution in [0.15, 0.2) is 98.6 Å². The first-order valence-electron chi connectivity index (χ1n) is 13.6. The number of carboxylic acid groups (broad SMARTS) is 1. The number of methoxy groups -OCH3 is 1. The van der Waals surface area contributed by atoms with Crippen molar-refractivity contribution in [3.63, 3.8) is 0 Å². The fourth-order valence-electron chi connectivity index (χ4n) is 5.97. The van der Waals surface area contributed by atoms with E-state index < -0.39 is 5.97 Å². The summed E-state index contributed by atoms with van der Waals surface area (Å²) in [6.45, 7) is 1.85. The van der Waals surface area contributed by atoms with Gasteiger partial charge in [-0.25, -0.2) is 9.79 Å². The molecule has 7 rings (SSSR count). The summed E-state index contributed by atoms with van der Waals surface area (Å²) in [6, 6.07) is 24.4. The maximum Gasteiger partial charge on any atom is 0.335 e. The van der Waals surface area contributed by atoms with Gasteiger partial charge in [0.05, 0.1) is 28.9 Å². The van der Waals surface area contributed by atoms with E-state index in [0.29, 0.717) is 20.9 Å². The van der Waals surface area contributed by atoms with Gasteiger partial charge in [0, 0.05) is 22.8 Å². The summed E-state index contributed by atoms with van der Waals surface area (Å²) >= 11 is 1.34. The molecule has 42 heavy (non-hydrogen) atoms. The second kappa shape index (κ2) is 10.2. The summed E-state index contributed by atoms with van der Waals surface area (Å²) in [6.07, 6.45) is 3.43. The number of carbonyl (C=O) groups is 1. The second-order valence-electron chi connectivity index (χ2n) is 10.4. The number of hydrogen-bond acceptors (Lipinski definition) is 6. The van der Waals surface area contributed by atoms with Crippen LogP contribution in [0.2, 0.25) is 0 Å². The molecular weight excluding hydrogens is 548 g/mol.